The Morgan fingerprint density at radius 2 is 2.23 bits per heavy atom. The second-order valence-electron chi connectivity index (χ2n) is 6.88. The molecule has 0 spiro atoms. The molecular formula is C18H19ClN8O3. The predicted molar refractivity (Wildman–Crippen MR) is 105 cm³/mol. The van der Waals surface area contributed by atoms with Crippen molar-refractivity contribution in [2.24, 2.45) is 5.92 Å². The van der Waals surface area contributed by atoms with Crippen LogP contribution < -0.4 is 5.32 Å². The molecule has 0 aromatic carbocycles. The maximum Gasteiger partial charge on any atom is 0.239 e. The van der Waals surface area contributed by atoms with E-state index < -0.39 is 0 Å². The van der Waals surface area contributed by atoms with Crippen LogP contribution in [-0.4, -0.2) is 60.1 Å². The molecule has 0 aliphatic carbocycles. The molecule has 1 unspecified atom stereocenters. The number of piperidine rings is 1. The van der Waals surface area contributed by atoms with Gasteiger partial charge in [-0.05, 0) is 25.0 Å². The Morgan fingerprint density at radius 1 is 1.33 bits per heavy atom. The monoisotopic (exact) mass is 430 g/mol. The minimum Gasteiger partial charge on any atom is -0.342 e. The summed E-state index contributed by atoms with van der Waals surface area (Å²) in [6, 6.07) is 3.30. The van der Waals surface area contributed by atoms with E-state index >= 15 is 0 Å². The Morgan fingerprint density at radius 3 is 3.00 bits per heavy atom. The minimum atomic E-state index is -0.290. The zero-order chi connectivity index (χ0) is 20.9. The molecule has 11 nitrogen and oxygen atoms in total. The maximum atomic E-state index is 12.6. The van der Waals surface area contributed by atoms with Gasteiger partial charge in [0, 0.05) is 32.1 Å². The summed E-state index contributed by atoms with van der Waals surface area (Å²) in [5.41, 5.74) is 0. The summed E-state index contributed by atoms with van der Waals surface area (Å²) < 4.78 is 5.16. The maximum absolute atomic E-state index is 12.6. The number of likely N-dealkylation sites (tertiary alicyclic amines) is 1. The van der Waals surface area contributed by atoms with Crippen molar-refractivity contribution in [2.75, 3.05) is 18.4 Å². The van der Waals surface area contributed by atoms with E-state index in [1.54, 1.807) is 17.0 Å². The number of aromatic amines is 1. The zero-order valence-corrected chi connectivity index (χ0v) is 16.7. The van der Waals surface area contributed by atoms with Gasteiger partial charge in [0.15, 0.2) is 5.82 Å². The fourth-order valence-electron chi connectivity index (χ4n) is 3.23. The molecular weight excluding hydrogens is 412 g/mol. The van der Waals surface area contributed by atoms with E-state index in [1.165, 1.54) is 12.5 Å². The fourth-order valence-corrected chi connectivity index (χ4v) is 3.35. The summed E-state index contributed by atoms with van der Waals surface area (Å²) in [5, 5.41) is 13.5. The number of nitrogens with zero attached hydrogens (tertiary/aromatic N) is 6. The summed E-state index contributed by atoms with van der Waals surface area (Å²) in [7, 11) is 0. The molecule has 2 N–H and O–H groups in total. The van der Waals surface area contributed by atoms with E-state index in [9.17, 15) is 9.59 Å². The van der Waals surface area contributed by atoms with E-state index in [0.29, 0.717) is 54.3 Å². The number of amides is 2. The highest BCUT2D eigenvalue weighted by Crippen LogP contribution is 2.20. The predicted octanol–water partition coefficient (Wildman–Crippen LogP) is 1.71. The van der Waals surface area contributed by atoms with Crippen molar-refractivity contribution in [3.05, 3.63) is 35.6 Å². The number of H-pyrrole nitrogens is 1. The topological polar surface area (TPSA) is 143 Å². The van der Waals surface area contributed by atoms with Crippen LogP contribution in [0, 0.1) is 5.92 Å². The Balaban J connectivity index is 1.29. The second-order valence-corrected chi connectivity index (χ2v) is 7.31. The first kappa shape index (κ1) is 20.0. The summed E-state index contributed by atoms with van der Waals surface area (Å²) in [5.74, 6) is 0.965. The summed E-state index contributed by atoms with van der Waals surface area (Å²) in [6.45, 7) is 0.986. The smallest absolute Gasteiger partial charge is 0.239 e. The highest BCUT2D eigenvalue weighted by atomic mass is 35.5. The molecule has 0 bridgehead atoms. The van der Waals surface area contributed by atoms with E-state index in [4.69, 9.17) is 16.1 Å². The molecule has 0 saturated carbocycles. The third-order valence-electron chi connectivity index (χ3n) is 4.77. The normalized spacial score (nSPS) is 16.4. The van der Waals surface area contributed by atoms with E-state index in [1.807, 2.05) is 0 Å². The van der Waals surface area contributed by atoms with Gasteiger partial charge in [-0.3, -0.25) is 14.7 Å². The standard InChI is InChI=1S/C18H19ClN8O3/c19-12-3-4-13(20-8-12)23-18(29)11-2-1-7-27(9-11)15(28)6-5-14-24-17(26-30-14)16-21-10-22-25-16/h3-4,8,10-11H,1-2,5-7,9H2,(H,20,23,29)(H,21,22,25). The number of hydrogen-bond acceptors (Lipinski definition) is 8. The number of aryl methyl sites for hydroxylation is 1. The molecule has 4 rings (SSSR count). The molecule has 1 fully saturated rings. The lowest BCUT2D eigenvalue weighted by molar-refractivity contribution is -0.134. The Bertz CT molecular complexity index is 1000. The number of rotatable bonds is 6. The van der Waals surface area contributed by atoms with Gasteiger partial charge >= 0.3 is 0 Å². The zero-order valence-electron chi connectivity index (χ0n) is 15.9. The van der Waals surface area contributed by atoms with Crippen LogP contribution in [0.5, 0.6) is 0 Å². The van der Waals surface area contributed by atoms with Crippen LogP contribution in [0.1, 0.15) is 25.2 Å². The average molecular weight is 431 g/mol. The van der Waals surface area contributed by atoms with Crippen molar-refractivity contribution in [3.8, 4) is 11.6 Å². The van der Waals surface area contributed by atoms with Gasteiger partial charge in [0.1, 0.15) is 12.1 Å². The van der Waals surface area contributed by atoms with E-state index in [-0.39, 0.29) is 24.2 Å². The largest absolute Gasteiger partial charge is 0.342 e. The van der Waals surface area contributed by atoms with Gasteiger partial charge < -0.3 is 14.7 Å². The van der Waals surface area contributed by atoms with Crippen molar-refractivity contribution < 1.29 is 14.1 Å². The van der Waals surface area contributed by atoms with Gasteiger partial charge in [-0.2, -0.15) is 10.1 Å². The first-order valence-electron chi connectivity index (χ1n) is 9.47. The average Bonchev–Trinajstić information content (AvgIpc) is 3.45. The lowest BCUT2D eigenvalue weighted by atomic mass is 9.96. The minimum absolute atomic E-state index is 0.0588. The number of carbonyl (C=O) groups is 2. The number of pyridine rings is 1. The van der Waals surface area contributed by atoms with Crippen LogP contribution in [0.25, 0.3) is 11.6 Å². The van der Waals surface area contributed by atoms with Crippen LogP contribution in [0.3, 0.4) is 0 Å². The Hall–Kier alpha value is -3.34. The fraction of sp³-hybridized carbons (Fsp3) is 0.389. The van der Waals surface area contributed by atoms with E-state index in [2.05, 4.69) is 35.6 Å². The number of nitrogens with one attached hydrogen (secondary N) is 2. The summed E-state index contributed by atoms with van der Waals surface area (Å²) in [4.78, 5) is 39.1. The highest BCUT2D eigenvalue weighted by molar-refractivity contribution is 6.30. The third kappa shape index (κ3) is 4.79. The Kier molecular flexibility index (Phi) is 5.98. The molecule has 3 aromatic rings. The van der Waals surface area contributed by atoms with Crippen LogP contribution >= 0.6 is 11.6 Å². The molecule has 2 amide bonds. The molecule has 1 saturated heterocycles. The molecule has 1 aliphatic heterocycles. The van der Waals surface area contributed by atoms with Crippen LogP contribution in [0.4, 0.5) is 5.82 Å². The van der Waals surface area contributed by atoms with Gasteiger partial charge in [-0.1, -0.05) is 16.8 Å². The number of hydrogen-bond donors (Lipinski definition) is 2. The van der Waals surface area contributed by atoms with Gasteiger partial charge in [0.05, 0.1) is 10.9 Å². The van der Waals surface area contributed by atoms with Crippen LogP contribution in [0.2, 0.25) is 5.02 Å². The SMILES string of the molecule is O=C(Nc1ccc(Cl)cn1)C1CCCN(C(=O)CCc2nc(-c3ncn[nH]3)no2)C1. The lowest BCUT2D eigenvalue weighted by Crippen LogP contribution is -2.43. The molecule has 1 aliphatic rings. The van der Waals surface area contributed by atoms with Crippen LogP contribution in [-0.2, 0) is 16.0 Å². The molecule has 3 aromatic heterocycles. The Labute approximate surface area is 176 Å². The van der Waals surface area contributed by atoms with Crippen molar-refractivity contribution in [2.45, 2.75) is 25.7 Å². The van der Waals surface area contributed by atoms with Gasteiger partial charge in [0.25, 0.3) is 0 Å². The molecule has 12 heteroatoms. The third-order valence-corrected chi connectivity index (χ3v) is 4.99. The highest BCUT2D eigenvalue weighted by Gasteiger charge is 2.28. The van der Waals surface area contributed by atoms with Crippen molar-refractivity contribution in [3.63, 3.8) is 0 Å². The summed E-state index contributed by atoms with van der Waals surface area (Å²) >= 11 is 5.81. The first-order chi connectivity index (χ1) is 14.6. The molecule has 1 atom stereocenters. The van der Waals surface area contributed by atoms with Crippen molar-refractivity contribution >= 4 is 29.2 Å². The van der Waals surface area contributed by atoms with Gasteiger partial charge in [0.2, 0.25) is 23.5 Å². The lowest BCUT2D eigenvalue weighted by Gasteiger charge is -2.32. The van der Waals surface area contributed by atoms with Gasteiger partial charge in [-0.25, -0.2) is 9.97 Å². The quantitative estimate of drug-likeness (QED) is 0.601. The molecule has 4 heterocycles. The number of aromatic nitrogens is 6. The number of halogens is 1. The number of carbonyl (C=O) groups excluding carboxylic acids is 2. The van der Waals surface area contributed by atoms with Crippen LogP contribution in [0.15, 0.2) is 29.2 Å². The van der Waals surface area contributed by atoms with Gasteiger partial charge in [-0.15, -0.1) is 0 Å². The second kappa shape index (κ2) is 8.99. The summed E-state index contributed by atoms with van der Waals surface area (Å²) in [6.07, 6.45) is 4.81. The number of anilines is 1. The van der Waals surface area contributed by atoms with E-state index in [0.717, 1.165) is 6.42 Å². The van der Waals surface area contributed by atoms with Crippen molar-refractivity contribution in [1.82, 2.24) is 35.2 Å². The molecule has 30 heavy (non-hydrogen) atoms. The first-order valence-corrected chi connectivity index (χ1v) is 9.85. The molecule has 0 radical (unpaired) electrons. The van der Waals surface area contributed by atoms with Crippen molar-refractivity contribution in [1.29, 1.82) is 0 Å². The molecule has 156 valence electrons.